The van der Waals surface area contributed by atoms with E-state index < -0.39 is 11.5 Å². The molecule has 2 aliphatic rings. The van der Waals surface area contributed by atoms with Gasteiger partial charge in [-0.1, -0.05) is 24.3 Å². The van der Waals surface area contributed by atoms with Crippen LogP contribution in [-0.2, 0) is 13.0 Å². The number of carbonyl (C=O) groups excluding carboxylic acids is 1. The van der Waals surface area contributed by atoms with Crippen LogP contribution in [0, 0.1) is 0 Å². The van der Waals surface area contributed by atoms with Gasteiger partial charge in [-0.3, -0.25) is 9.59 Å². The molecular weight excluding hydrogens is 348 g/mol. The standard InChI is InChI=1S/C20H16N2O3S/c23-18-13-5-3-7-15-17(13)22(10-11-26-15)20(25)16(18)19(24)21-9-8-12-4-1-2-6-14(12)21/h1-7,23H,8-11H2. The summed E-state index contributed by atoms with van der Waals surface area (Å²) in [6.07, 6.45) is 0.755. The summed E-state index contributed by atoms with van der Waals surface area (Å²) < 4.78 is 1.64. The van der Waals surface area contributed by atoms with Crippen molar-refractivity contribution < 1.29 is 9.90 Å². The molecule has 3 aromatic rings. The summed E-state index contributed by atoms with van der Waals surface area (Å²) in [5, 5.41) is 11.4. The van der Waals surface area contributed by atoms with Gasteiger partial charge in [0.05, 0.1) is 5.52 Å². The van der Waals surface area contributed by atoms with E-state index in [4.69, 9.17) is 0 Å². The number of hydrogen-bond acceptors (Lipinski definition) is 4. The summed E-state index contributed by atoms with van der Waals surface area (Å²) >= 11 is 1.66. The van der Waals surface area contributed by atoms with Gasteiger partial charge in [0.25, 0.3) is 11.5 Å². The molecular formula is C20H16N2O3S. The monoisotopic (exact) mass is 364 g/mol. The normalized spacial score (nSPS) is 15.3. The highest BCUT2D eigenvalue weighted by atomic mass is 32.2. The number of thioether (sulfide) groups is 1. The average molecular weight is 364 g/mol. The Morgan fingerprint density at radius 1 is 1.08 bits per heavy atom. The summed E-state index contributed by atoms with van der Waals surface area (Å²) in [7, 11) is 0. The molecule has 0 saturated heterocycles. The Kier molecular flexibility index (Phi) is 3.37. The second-order valence-corrected chi connectivity index (χ2v) is 7.65. The second kappa shape index (κ2) is 5.64. The van der Waals surface area contributed by atoms with Crippen LogP contribution in [0.3, 0.4) is 0 Å². The molecule has 1 aromatic heterocycles. The van der Waals surface area contributed by atoms with Gasteiger partial charge in [0, 0.05) is 34.8 Å². The zero-order chi connectivity index (χ0) is 17.8. The molecule has 1 N–H and O–H groups in total. The van der Waals surface area contributed by atoms with Crippen LogP contribution < -0.4 is 10.5 Å². The van der Waals surface area contributed by atoms with Gasteiger partial charge in [0.1, 0.15) is 11.3 Å². The van der Waals surface area contributed by atoms with Crippen LogP contribution in [-0.4, -0.2) is 27.9 Å². The molecule has 3 heterocycles. The maximum atomic E-state index is 13.2. The molecule has 5 nitrogen and oxygen atoms in total. The highest BCUT2D eigenvalue weighted by molar-refractivity contribution is 7.99. The lowest BCUT2D eigenvalue weighted by atomic mass is 10.1. The van der Waals surface area contributed by atoms with Crippen LogP contribution in [0.4, 0.5) is 5.69 Å². The number of aromatic nitrogens is 1. The van der Waals surface area contributed by atoms with Gasteiger partial charge in [-0.05, 0) is 30.2 Å². The van der Waals surface area contributed by atoms with E-state index in [2.05, 4.69) is 0 Å². The van der Waals surface area contributed by atoms with E-state index in [-0.39, 0.29) is 11.3 Å². The Morgan fingerprint density at radius 2 is 1.92 bits per heavy atom. The van der Waals surface area contributed by atoms with Crippen LogP contribution in [0.25, 0.3) is 10.9 Å². The Hall–Kier alpha value is -2.73. The number of fused-ring (bicyclic) bond motifs is 1. The molecule has 1 amide bonds. The zero-order valence-electron chi connectivity index (χ0n) is 13.9. The number of carbonyl (C=O) groups is 1. The number of benzene rings is 2. The molecule has 0 fully saturated rings. The maximum Gasteiger partial charge on any atom is 0.267 e. The number of para-hydroxylation sites is 2. The van der Waals surface area contributed by atoms with Gasteiger partial charge in [-0.15, -0.1) is 11.8 Å². The molecule has 26 heavy (non-hydrogen) atoms. The van der Waals surface area contributed by atoms with Gasteiger partial charge >= 0.3 is 0 Å². The first-order valence-electron chi connectivity index (χ1n) is 8.58. The van der Waals surface area contributed by atoms with Gasteiger partial charge in [-0.2, -0.15) is 0 Å². The van der Waals surface area contributed by atoms with E-state index in [1.54, 1.807) is 27.3 Å². The molecule has 5 rings (SSSR count). The fraction of sp³-hybridized carbons (Fsp3) is 0.200. The number of amides is 1. The third-order valence-corrected chi connectivity index (χ3v) is 6.17. The molecule has 6 heteroatoms. The smallest absolute Gasteiger partial charge is 0.267 e. The van der Waals surface area contributed by atoms with Crippen molar-refractivity contribution in [3.8, 4) is 5.75 Å². The largest absolute Gasteiger partial charge is 0.506 e. The minimum atomic E-state index is -0.424. The quantitative estimate of drug-likeness (QED) is 0.721. The predicted octanol–water partition coefficient (Wildman–Crippen LogP) is 3.02. The fourth-order valence-electron chi connectivity index (χ4n) is 3.92. The van der Waals surface area contributed by atoms with Crippen molar-refractivity contribution in [3.63, 3.8) is 0 Å². The van der Waals surface area contributed by atoms with E-state index in [1.165, 1.54) is 0 Å². The maximum absolute atomic E-state index is 13.2. The predicted molar refractivity (Wildman–Crippen MR) is 102 cm³/mol. The van der Waals surface area contributed by atoms with Crippen molar-refractivity contribution in [2.45, 2.75) is 17.9 Å². The van der Waals surface area contributed by atoms with Crippen molar-refractivity contribution in [2.75, 3.05) is 17.2 Å². The molecule has 0 radical (unpaired) electrons. The van der Waals surface area contributed by atoms with Crippen LogP contribution >= 0.6 is 11.8 Å². The van der Waals surface area contributed by atoms with E-state index in [9.17, 15) is 14.7 Å². The van der Waals surface area contributed by atoms with Gasteiger partial charge in [0.2, 0.25) is 0 Å². The number of rotatable bonds is 1. The lowest BCUT2D eigenvalue weighted by molar-refractivity contribution is 0.0985. The summed E-state index contributed by atoms with van der Waals surface area (Å²) in [6, 6.07) is 13.3. The number of aromatic hydroxyl groups is 1. The third-order valence-electron chi connectivity index (χ3n) is 5.14. The van der Waals surface area contributed by atoms with Gasteiger partial charge < -0.3 is 14.6 Å². The molecule has 0 atom stereocenters. The SMILES string of the molecule is O=C(c1c(O)c2cccc3c2n(c1=O)CCS3)N1CCc2ccccc21. The molecule has 0 spiro atoms. The third kappa shape index (κ3) is 2.05. The van der Waals surface area contributed by atoms with Crippen LogP contribution in [0.2, 0.25) is 0 Å². The minimum absolute atomic E-state index is 0.127. The molecule has 2 aromatic carbocycles. The summed E-state index contributed by atoms with van der Waals surface area (Å²) in [4.78, 5) is 28.9. The number of nitrogens with zero attached hydrogens (tertiary/aromatic N) is 2. The first-order chi connectivity index (χ1) is 12.7. The van der Waals surface area contributed by atoms with Crippen LogP contribution in [0.5, 0.6) is 5.75 Å². The Balaban J connectivity index is 1.74. The number of pyridine rings is 1. The van der Waals surface area contributed by atoms with Crippen LogP contribution in [0.1, 0.15) is 15.9 Å². The number of aryl methyl sites for hydroxylation is 1. The van der Waals surface area contributed by atoms with E-state index in [0.29, 0.717) is 18.5 Å². The van der Waals surface area contributed by atoms with E-state index in [1.807, 2.05) is 36.4 Å². The summed E-state index contributed by atoms with van der Waals surface area (Å²) in [6.45, 7) is 1.05. The Bertz CT molecular complexity index is 1140. The number of hydrogen-bond donors (Lipinski definition) is 1. The van der Waals surface area contributed by atoms with Gasteiger partial charge in [0.15, 0.2) is 0 Å². The van der Waals surface area contributed by atoms with E-state index >= 15 is 0 Å². The first kappa shape index (κ1) is 15.5. The van der Waals surface area contributed by atoms with E-state index in [0.717, 1.165) is 33.8 Å². The molecule has 130 valence electrons. The van der Waals surface area contributed by atoms with Crippen molar-refractivity contribution >= 4 is 34.3 Å². The fourth-order valence-corrected chi connectivity index (χ4v) is 4.94. The highest BCUT2D eigenvalue weighted by Gasteiger charge is 2.31. The Morgan fingerprint density at radius 3 is 2.81 bits per heavy atom. The van der Waals surface area contributed by atoms with Crippen molar-refractivity contribution in [2.24, 2.45) is 0 Å². The second-order valence-electron chi connectivity index (χ2n) is 6.52. The molecule has 2 aliphatic heterocycles. The molecule has 0 unspecified atom stereocenters. The average Bonchev–Trinajstić information content (AvgIpc) is 3.10. The molecule has 0 saturated carbocycles. The molecule has 0 bridgehead atoms. The number of anilines is 1. The van der Waals surface area contributed by atoms with Crippen molar-refractivity contribution in [3.05, 3.63) is 63.9 Å². The Labute approximate surface area is 153 Å². The van der Waals surface area contributed by atoms with Crippen molar-refractivity contribution in [1.29, 1.82) is 0 Å². The lowest BCUT2D eigenvalue weighted by Crippen LogP contribution is -2.37. The van der Waals surface area contributed by atoms with Crippen LogP contribution in [0.15, 0.2) is 52.2 Å². The molecule has 0 aliphatic carbocycles. The zero-order valence-corrected chi connectivity index (χ0v) is 14.8. The highest BCUT2D eigenvalue weighted by Crippen LogP contribution is 2.37. The van der Waals surface area contributed by atoms with Gasteiger partial charge in [-0.25, -0.2) is 0 Å². The minimum Gasteiger partial charge on any atom is -0.506 e. The summed E-state index contributed by atoms with van der Waals surface area (Å²) in [5.41, 5.74) is 2.10. The first-order valence-corrected chi connectivity index (χ1v) is 9.56. The van der Waals surface area contributed by atoms with Crippen molar-refractivity contribution in [1.82, 2.24) is 4.57 Å². The lowest BCUT2D eigenvalue weighted by Gasteiger charge is -2.23. The summed E-state index contributed by atoms with van der Waals surface area (Å²) in [5.74, 6) is 0.142. The topological polar surface area (TPSA) is 62.5 Å².